The highest BCUT2D eigenvalue weighted by Crippen LogP contribution is 2.19. The number of nitrogens with one attached hydrogen (secondary N) is 1. The summed E-state index contributed by atoms with van der Waals surface area (Å²) in [7, 11) is 0. The Kier molecular flexibility index (Phi) is 5.33. The van der Waals surface area contributed by atoms with Gasteiger partial charge in [0.25, 0.3) is 0 Å². The van der Waals surface area contributed by atoms with Crippen LogP contribution in [0.15, 0.2) is 48.5 Å². The maximum atomic E-state index is 5.93. The Hall–Kier alpha value is -1.55. The Labute approximate surface area is 136 Å². The molecule has 3 nitrogen and oxygen atoms in total. The molecule has 0 amide bonds. The second kappa shape index (κ2) is 7.63. The van der Waals surface area contributed by atoms with E-state index >= 15 is 0 Å². The Balaban J connectivity index is 1.64. The quantitative estimate of drug-likeness (QED) is 0.908. The second-order valence-electron chi connectivity index (χ2n) is 5.53. The second-order valence-corrected chi connectivity index (χ2v) is 5.96. The van der Waals surface area contributed by atoms with Gasteiger partial charge in [-0.3, -0.25) is 4.90 Å². The van der Waals surface area contributed by atoms with Crippen LogP contribution >= 0.6 is 11.6 Å². The molecule has 1 aliphatic rings. The molecule has 0 saturated carbocycles. The van der Waals surface area contributed by atoms with Crippen molar-refractivity contribution in [1.29, 1.82) is 0 Å². The number of nitrogens with zero attached hydrogens (tertiary/aromatic N) is 1. The van der Waals surface area contributed by atoms with Gasteiger partial charge in [0.2, 0.25) is 0 Å². The lowest BCUT2D eigenvalue weighted by molar-refractivity contribution is 0.0342. The molecule has 1 fully saturated rings. The Bertz CT molecular complexity index is 594. The van der Waals surface area contributed by atoms with Crippen molar-refractivity contribution in [3.63, 3.8) is 0 Å². The van der Waals surface area contributed by atoms with Crippen molar-refractivity contribution in [1.82, 2.24) is 4.90 Å². The third kappa shape index (κ3) is 4.23. The summed E-state index contributed by atoms with van der Waals surface area (Å²) in [5.41, 5.74) is 3.76. The third-order valence-electron chi connectivity index (χ3n) is 3.91. The number of para-hydroxylation sites is 1. The molecule has 116 valence electrons. The normalized spacial score (nSPS) is 15.7. The van der Waals surface area contributed by atoms with Crippen LogP contribution in [0.5, 0.6) is 0 Å². The molecule has 1 N–H and O–H groups in total. The molecule has 0 radical (unpaired) electrons. The van der Waals surface area contributed by atoms with Crippen molar-refractivity contribution >= 4 is 17.3 Å². The lowest BCUT2D eigenvalue weighted by Gasteiger charge is -2.27. The van der Waals surface area contributed by atoms with Gasteiger partial charge in [-0.05, 0) is 29.3 Å². The van der Waals surface area contributed by atoms with E-state index in [4.69, 9.17) is 16.3 Å². The molecule has 22 heavy (non-hydrogen) atoms. The maximum Gasteiger partial charge on any atom is 0.0594 e. The minimum absolute atomic E-state index is 0.775. The Morgan fingerprint density at radius 1 is 1.00 bits per heavy atom. The highest BCUT2D eigenvalue weighted by molar-refractivity contribution is 6.30. The van der Waals surface area contributed by atoms with Gasteiger partial charge in [0, 0.05) is 36.9 Å². The van der Waals surface area contributed by atoms with Crippen molar-refractivity contribution in [2.45, 2.75) is 13.1 Å². The lowest BCUT2D eigenvalue weighted by atomic mass is 10.1. The molecule has 4 heteroatoms. The molecule has 0 spiro atoms. The molecular weight excluding hydrogens is 296 g/mol. The van der Waals surface area contributed by atoms with E-state index in [1.165, 1.54) is 16.8 Å². The van der Waals surface area contributed by atoms with E-state index in [-0.39, 0.29) is 0 Å². The number of rotatable bonds is 5. The first-order valence-electron chi connectivity index (χ1n) is 7.67. The SMILES string of the molecule is Clc1ccc(CNc2ccccc2CN2CCOCC2)cc1. The van der Waals surface area contributed by atoms with Gasteiger partial charge in [0.05, 0.1) is 13.2 Å². The number of anilines is 1. The van der Waals surface area contributed by atoms with Crippen LogP contribution in [0.25, 0.3) is 0 Å². The average Bonchev–Trinajstić information content (AvgIpc) is 2.56. The molecule has 0 atom stereocenters. The van der Waals surface area contributed by atoms with E-state index < -0.39 is 0 Å². The zero-order valence-corrected chi connectivity index (χ0v) is 13.4. The third-order valence-corrected chi connectivity index (χ3v) is 4.16. The number of benzene rings is 2. The number of hydrogen-bond donors (Lipinski definition) is 1. The number of ether oxygens (including phenoxy) is 1. The van der Waals surface area contributed by atoms with Gasteiger partial charge >= 0.3 is 0 Å². The predicted molar refractivity (Wildman–Crippen MR) is 91.3 cm³/mol. The zero-order valence-electron chi connectivity index (χ0n) is 12.6. The molecule has 2 aromatic rings. The van der Waals surface area contributed by atoms with E-state index in [1.807, 2.05) is 12.1 Å². The van der Waals surface area contributed by atoms with Gasteiger partial charge in [0.1, 0.15) is 0 Å². The summed E-state index contributed by atoms with van der Waals surface area (Å²) in [4.78, 5) is 2.44. The molecule has 2 aromatic carbocycles. The highest BCUT2D eigenvalue weighted by atomic mass is 35.5. The lowest BCUT2D eigenvalue weighted by Crippen LogP contribution is -2.35. The van der Waals surface area contributed by atoms with Gasteiger partial charge in [-0.2, -0.15) is 0 Å². The molecule has 0 unspecified atom stereocenters. The standard InChI is InChI=1S/C18H21ClN2O/c19-17-7-5-15(6-8-17)13-20-18-4-2-1-3-16(18)14-21-9-11-22-12-10-21/h1-8,20H,9-14H2. The first kappa shape index (κ1) is 15.3. The average molecular weight is 317 g/mol. The van der Waals surface area contributed by atoms with Gasteiger partial charge in [0.15, 0.2) is 0 Å². The summed E-state index contributed by atoms with van der Waals surface area (Å²) in [5.74, 6) is 0. The van der Waals surface area contributed by atoms with Crippen molar-refractivity contribution in [2.75, 3.05) is 31.6 Å². The molecule has 0 bridgehead atoms. The Morgan fingerprint density at radius 3 is 2.50 bits per heavy atom. The first-order valence-corrected chi connectivity index (χ1v) is 8.05. The van der Waals surface area contributed by atoms with E-state index in [0.29, 0.717) is 0 Å². The first-order chi connectivity index (χ1) is 10.8. The summed E-state index contributed by atoms with van der Waals surface area (Å²) >= 11 is 5.93. The fourth-order valence-corrected chi connectivity index (χ4v) is 2.76. The summed E-state index contributed by atoms with van der Waals surface area (Å²) in [6, 6.07) is 16.5. The van der Waals surface area contributed by atoms with Crippen LogP contribution in [-0.2, 0) is 17.8 Å². The van der Waals surface area contributed by atoms with Gasteiger partial charge in [-0.15, -0.1) is 0 Å². The topological polar surface area (TPSA) is 24.5 Å². The van der Waals surface area contributed by atoms with Crippen molar-refractivity contribution < 1.29 is 4.74 Å². The smallest absolute Gasteiger partial charge is 0.0594 e. The summed E-state index contributed by atoms with van der Waals surface area (Å²) in [6.07, 6.45) is 0. The van der Waals surface area contributed by atoms with Crippen molar-refractivity contribution in [2.24, 2.45) is 0 Å². The van der Waals surface area contributed by atoms with Crippen LogP contribution in [0.2, 0.25) is 5.02 Å². The summed E-state index contributed by atoms with van der Waals surface area (Å²) < 4.78 is 5.41. The highest BCUT2D eigenvalue weighted by Gasteiger charge is 2.12. The molecule has 0 aromatic heterocycles. The van der Waals surface area contributed by atoms with Crippen LogP contribution in [0.1, 0.15) is 11.1 Å². The van der Waals surface area contributed by atoms with E-state index in [1.54, 1.807) is 0 Å². The van der Waals surface area contributed by atoms with Gasteiger partial charge in [-0.1, -0.05) is 41.9 Å². The Morgan fingerprint density at radius 2 is 1.73 bits per heavy atom. The minimum Gasteiger partial charge on any atom is -0.381 e. The van der Waals surface area contributed by atoms with E-state index in [9.17, 15) is 0 Å². The van der Waals surface area contributed by atoms with Crippen molar-refractivity contribution in [3.05, 3.63) is 64.7 Å². The number of morpholine rings is 1. The van der Waals surface area contributed by atoms with Gasteiger partial charge in [-0.25, -0.2) is 0 Å². The van der Waals surface area contributed by atoms with Crippen LogP contribution in [0.3, 0.4) is 0 Å². The molecule has 3 rings (SSSR count). The van der Waals surface area contributed by atoms with Crippen molar-refractivity contribution in [3.8, 4) is 0 Å². The van der Waals surface area contributed by atoms with Crippen LogP contribution in [0.4, 0.5) is 5.69 Å². The molecule has 0 aliphatic carbocycles. The van der Waals surface area contributed by atoms with Crippen LogP contribution < -0.4 is 5.32 Å². The number of halogens is 1. The predicted octanol–water partition coefficient (Wildman–Crippen LogP) is 3.78. The summed E-state index contributed by atoms with van der Waals surface area (Å²) in [6.45, 7) is 5.45. The fraction of sp³-hybridized carbons (Fsp3) is 0.333. The largest absolute Gasteiger partial charge is 0.381 e. The fourth-order valence-electron chi connectivity index (χ4n) is 2.63. The maximum absolute atomic E-state index is 5.93. The number of hydrogen-bond acceptors (Lipinski definition) is 3. The molecule has 1 aliphatic heterocycles. The van der Waals surface area contributed by atoms with Gasteiger partial charge < -0.3 is 10.1 Å². The monoisotopic (exact) mass is 316 g/mol. The zero-order chi connectivity index (χ0) is 15.2. The van der Waals surface area contributed by atoms with Crippen LogP contribution in [0, 0.1) is 0 Å². The molecule has 1 saturated heterocycles. The molecule has 1 heterocycles. The van der Waals surface area contributed by atoms with E-state index in [0.717, 1.165) is 44.4 Å². The van der Waals surface area contributed by atoms with E-state index in [2.05, 4.69) is 46.6 Å². The summed E-state index contributed by atoms with van der Waals surface area (Å²) in [5, 5.41) is 4.31. The minimum atomic E-state index is 0.775. The molecular formula is C18H21ClN2O. The van der Waals surface area contributed by atoms with Crippen LogP contribution in [-0.4, -0.2) is 31.2 Å².